The van der Waals surface area contributed by atoms with E-state index in [-0.39, 0.29) is 11.0 Å². The second-order valence-corrected chi connectivity index (χ2v) is 11.5. The molecule has 3 heterocycles. The molecule has 0 saturated carbocycles. The molecule has 0 saturated heterocycles. The summed E-state index contributed by atoms with van der Waals surface area (Å²) in [5.41, 5.74) is 5.09. The van der Waals surface area contributed by atoms with Crippen molar-refractivity contribution in [1.82, 2.24) is 14.6 Å². The molecule has 0 aliphatic heterocycles. The van der Waals surface area contributed by atoms with Crippen LogP contribution in [0.4, 0.5) is 0 Å². The van der Waals surface area contributed by atoms with E-state index in [2.05, 4.69) is 58.0 Å². The van der Waals surface area contributed by atoms with Crippen LogP contribution in [-0.4, -0.2) is 14.6 Å². The predicted octanol–water partition coefficient (Wildman–Crippen LogP) is 6.58. The first kappa shape index (κ1) is 20.5. The fraction of sp³-hybridized carbons (Fsp3) is 0.321. The van der Waals surface area contributed by atoms with Crippen molar-refractivity contribution in [3.8, 4) is 11.3 Å². The Bertz CT molecular complexity index is 1600. The molecule has 0 spiro atoms. The number of hydrogen-bond donors (Lipinski definition) is 0. The molecule has 3 aromatic heterocycles. The molecule has 33 heavy (non-hydrogen) atoms. The third-order valence-corrected chi connectivity index (χ3v) is 8.38. The van der Waals surface area contributed by atoms with Crippen LogP contribution in [0, 0.1) is 18.3 Å². The molecule has 0 bridgehead atoms. The SMILES string of the molecule is Cc1ccc(-c2nn3c(=O)c4c5c(sc4nc3c3ccccc23)C[C@@H](C(C)(C)C)CC5)cc1. The highest BCUT2D eigenvalue weighted by Gasteiger charge is 2.32. The zero-order chi connectivity index (χ0) is 22.9. The van der Waals surface area contributed by atoms with Crippen LogP contribution in [0.1, 0.15) is 43.2 Å². The molecule has 166 valence electrons. The third-order valence-electron chi connectivity index (χ3n) is 7.23. The molecular weight excluding hydrogens is 426 g/mol. The average Bonchev–Trinajstić information content (AvgIpc) is 3.17. The number of aryl methyl sites for hydroxylation is 2. The minimum absolute atomic E-state index is 0.0409. The van der Waals surface area contributed by atoms with Gasteiger partial charge < -0.3 is 0 Å². The average molecular weight is 454 g/mol. The zero-order valence-corrected chi connectivity index (χ0v) is 20.3. The summed E-state index contributed by atoms with van der Waals surface area (Å²) in [7, 11) is 0. The Labute approximate surface area is 196 Å². The number of nitrogens with zero attached hydrogens (tertiary/aromatic N) is 3. The van der Waals surface area contributed by atoms with Gasteiger partial charge in [0.1, 0.15) is 4.83 Å². The summed E-state index contributed by atoms with van der Waals surface area (Å²) in [6, 6.07) is 16.5. The summed E-state index contributed by atoms with van der Waals surface area (Å²) < 4.78 is 1.54. The van der Waals surface area contributed by atoms with Crippen LogP contribution in [0.3, 0.4) is 0 Å². The van der Waals surface area contributed by atoms with Gasteiger partial charge in [-0.15, -0.1) is 11.3 Å². The summed E-state index contributed by atoms with van der Waals surface area (Å²) in [5.74, 6) is 0.627. The normalized spacial score (nSPS) is 16.5. The van der Waals surface area contributed by atoms with Crippen molar-refractivity contribution in [3.05, 3.63) is 74.9 Å². The van der Waals surface area contributed by atoms with E-state index >= 15 is 0 Å². The lowest BCUT2D eigenvalue weighted by Gasteiger charge is -2.33. The van der Waals surface area contributed by atoms with E-state index < -0.39 is 0 Å². The van der Waals surface area contributed by atoms with E-state index in [1.165, 1.54) is 16.0 Å². The topological polar surface area (TPSA) is 47.3 Å². The highest BCUT2D eigenvalue weighted by molar-refractivity contribution is 7.18. The number of hydrogen-bond acceptors (Lipinski definition) is 4. The third kappa shape index (κ3) is 3.21. The first-order valence-electron chi connectivity index (χ1n) is 11.6. The van der Waals surface area contributed by atoms with Gasteiger partial charge in [-0.1, -0.05) is 74.9 Å². The van der Waals surface area contributed by atoms with Crippen LogP contribution in [0.25, 0.3) is 37.9 Å². The van der Waals surface area contributed by atoms with Crippen LogP contribution >= 0.6 is 11.3 Å². The van der Waals surface area contributed by atoms with E-state index in [0.29, 0.717) is 11.6 Å². The Hall–Kier alpha value is -3.05. The molecule has 0 N–H and O–H groups in total. The van der Waals surface area contributed by atoms with Gasteiger partial charge in [0.25, 0.3) is 5.56 Å². The quantitative estimate of drug-likeness (QED) is 0.269. The van der Waals surface area contributed by atoms with Crippen molar-refractivity contribution in [2.75, 3.05) is 0 Å². The summed E-state index contributed by atoms with van der Waals surface area (Å²) in [4.78, 5) is 21.1. The van der Waals surface area contributed by atoms with E-state index in [9.17, 15) is 4.79 Å². The van der Waals surface area contributed by atoms with E-state index in [4.69, 9.17) is 10.1 Å². The van der Waals surface area contributed by atoms with Gasteiger partial charge in [0.2, 0.25) is 0 Å². The standard InChI is InChI=1S/C28H27N3OS/c1-16-9-11-17(12-10-16)24-19-7-5-6-8-20(19)25-29-26-23(27(32)31(25)30-24)21-14-13-18(28(2,3)4)15-22(21)33-26/h5-12,18H,13-15H2,1-4H3/t18-/m0/s1. The van der Waals surface area contributed by atoms with Gasteiger partial charge in [0, 0.05) is 21.2 Å². The minimum Gasteiger partial charge on any atom is -0.267 e. The van der Waals surface area contributed by atoms with Gasteiger partial charge >= 0.3 is 0 Å². The van der Waals surface area contributed by atoms with Crippen molar-refractivity contribution in [2.45, 2.75) is 47.0 Å². The van der Waals surface area contributed by atoms with Gasteiger partial charge in [-0.25, -0.2) is 4.98 Å². The fourth-order valence-electron chi connectivity index (χ4n) is 5.19. The van der Waals surface area contributed by atoms with Crippen molar-refractivity contribution >= 4 is 38.0 Å². The number of thiophene rings is 1. The lowest BCUT2D eigenvalue weighted by atomic mass is 9.72. The Kier molecular flexibility index (Phi) is 4.50. The van der Waals surface area contributed by atoms with Crippen LogP contribution in [0.2, 0.25) is 0 Å². The monoisotopic (exact) mass is 453 g/mol. The Morgan fingerprint density at radius 1 is 1.03 bits per heavy atom. The molecule has 5 aromatic rings. The molecule has 0 radical (unpaired) electrons. The summed E-state index contributed by atoms with van der Waals surface area (Å²) in [6.07, 6.45) is 3.09. The lowest BCUT2D eigenvalue weighted by Crippen LogP contribution is -2.26. The number of aromatic nitrogens is 3. The zero-order valence-electron chi connectivity index (χ0n) is 19.5. The summed E-state index contributed by atoms with van der Waals surface area (Å²) in [5, 5.41) is 7.63. The molecule has 0 unspecified atom stereocenters. The molecule has 0 fully saturated rings. The Morgan fingerprint density at radius 2 is 1.76 bits per heavy atom. The highest BCUT2D eigenvalue weighted by Crippen LogP contribution is 2.42. The smallest absolute Gasteiger partial charge is 0.267 e. The molecule has 6 rings (SSSR count). The molecule has 1 aliphatic carbocycles. The van der Waals surface area contributed by atoms with Gasteiger partial charge in [0.05, 0.1) is 11.1 Å². The summed E-state index contributed by atoms with van der Waals surface area (Å²) >= 11 is 1.71. The largest absolute Gasteiger partial charge is 0.283 e. The maximum absolute atomic E-state index is 13.8. The molecule has 1 aliphatic rings. The number of rotatable bonds is 1. The van der Waals surface area contributed by atoms with Crippen molar-refractivity contribution in [2.24, 2.45) is 11.3 Å². The van der Waals surface area contributed by atoms with Gasteiger partial charge in [-0.3, -0.25) is 4.79 Å². The minimum atomic E-state index is -0.0409. The van der Waals surface area contributed by atoms with Crippen LogP contribution in [-0.2, 0) is 12.8 Å². The predicted molar refractivity (Wildman–Crippen MR) is 137 cm³/mol. The maximum atomic E-state index is 13.8. The highest BCUT2D eigenvalue weighted by atomic mass is 32.1. The molecule has 4 nitrogen and oxygen atoms in total. The second kappa shape index (κ2) is 7.22. The van der Waals surface area contributed by atoms with Crippen LogP contribution < -0.4 is 5.56 Å². The first-order chi connectivity index (χ1) is 15.8. The van der Waals surface area contributed by atoms with E-state index in [0.717, 1.165) is 51.5 Å². The van der Waals surface area contributed by atoms with E-state index in [1.54, 1.807) is 15.9 Å². The fourth-order valence-corrected chi connectivity index (χ4v) is 6.48. The lowest BCUT2D eigenvalue weighted by molar-refractivity contribution is 0.218. The first-order valence-corrected chi connectivity index (χ1v) is 12.5. The van der Waals surface area contributed by atoms with Crippen LogP contribution in [0.5, 0.6) is 0 Å². The van der Waals surface area contributed by atoms with Crippen molar-refractivity contribution < 1.29 is 0 Å². The van der Waals surface area contributed by atoms with Gasteiger partial charge in [-0.2, -0.15) is 9.61 Å². The Morgan fingerprint density at radius 3 is 2.48 bits per heavy atom. The van der Waals surface area contributed by atoms with Gasteiger partial charge in [0.15, 0.2) is 5.65 Å². The molecule has 5 heteroatoms. The number of benzene rings is 2. The van der Waals surface area contributed by atoms with Crippen molar-refractivity contribution in [1.29, 1.82) is 0 Å². The number of fused-ring (bicyclic) bond motifs is 6. The molecule has 2 aromatic carbocycles. The van der Waals surface area contributed by atoms with E-state index in [1.807, 2.05) is 18.2 Å². The molecular formula is C28H27N3OS. The summed E-state index contributed by atoms with van der Waals surface area (Å²) in [6.45, 7) is 9.03. The Balaban J connectivity index is 1.65. The second-order valence-electron chi connectivity index (χ2n) is 10.4. The van der Waals surface area contributed by atoms with Crippen LogP contribution in [0.15, 0.2) is 53.3 Å². The molecule has 0 amide bonds. The molecule has 1 atom stereocenters. The van der Waals surface area contributed by atoms with Gasteiger partial charge in [-0.05, 0) is 43.1 Å². The maximum Gasteiger partial charge on any atom is 0.283 e. The van der Waals surface area contributed by atoms with Crippen molar-refractivity contribution in [3.63, 3.8) is 0 Å².